The summed E-state index contributed by atoms with van der Waals surface area (Å²) in [6.45, 7) is 0. The van der Waals surface area contributed by atoms with Crippen LogP contribution < -0.4 is 9.96 Å². The highest BCUT2D eigenvalue weighted by atomic mass is 35.5. The third-order valence-corrected chi connectivity index (χ3v) is 6.98. The van der Waals surface area contributed by atoms with Gasteiger partial charge in [0.15, 0.2) is 6.10 Å². The van der Waals surface area contributed by atoms with E-state index in [1.807, 2.05) is 66.7 Å². The Morgan fingerprint density at radius 3 is 2.29 bits per heavy atom. The van der Waals surface area contributed by atoms with Crippen LogP contribution in [0.3, 0.4) is 0 Å². The Morgan fingerprint density at radius 2 is 1.50 bits per heavy atom. The van der Waals surface area contributed by atoms with Crippen molar-refractivity contribution in [2.45, 2.75) is 12.1 Å². The van der Waals surface area contributed by atoms with E-state index >= 15 is 0 Å². The fourth-order valence-corrected chi connectivity index (χ4v) is 5.43. The molecule has 0 radical (unpaired) electrons. The molecule has 0 aliphatic carbocycles. The van der Waals surface area contributed by atoms with Crippen LogP contribution >= 0.6 is 23.2 Å². The second-order valence-electron chi connectivity index (χ2n) is 8.33. The molecule has 2 fully saturated rings. The van der Waals surface area contributed by atoms with Crippen LogP contribution in [0.4, 0.5) is 11.4 Å². The van der Waals surface area contributed by atoms with Crippen molar-refractivity contribution in [2.75, 3.05) is 9.96 Å². The van der Waals surface area contributed by atoms with Gasteiger partial charge in [-0.2, -0.15) is 0 Å². The number of carbonyl (C=O) groups excluding carboxylic acids is 2. The molecule has 34 heavy (non-hydrogen) atoms. The van der Waals surface area contributed by atoms with Crippen molar-refractivity contribution < 1.29 is 14.4 Å². The lowest BCUT2D eigenvalue weighted by atomic mass is 9.90. The first-order chi connectivity index (χ1) is 16.5. The maximum Gasteiger partial charge on any atom is 0.266 e. The molecular formula is C27H18Cl2N2O3. The van der Waals surface area contributed by atoms with Crippen molar-refractivity contribution in [2.24, 2.45) is 5.92 Å². The molecule has 4 aromatic rings. The van der Waals surface area contributed by atoms with E-state index in [2.05, 4.69) is 0 Å². The molecule has 7 heteroatoms. The van der Waals surface area contributed by atoms with E-state index in [0.717, 1.165) is 16.5 Å². The summed E-state index contributed by atoms with van der Waals surface area (Å²) in [6.07, 6.45) is -0.969. The molecule has 4 aromatic carbocycles. The Bertz CT molecular complexity index is 1440. The smallest absolute Gasteiger partial charge is 0.266 e. The molecule has 2 aliphatic heterocycles. The maximum atomic E-state index is 13.9. The Morgan fingerprint density at radius 1 is 0.765 bits per heavy atom. The number of anilines is 2. The third-order valence-electron chi connectivity index (χ3n) is 6.41. The minimum atomic E-state index is -0.969. The molecule has 2 aliphatic rings. The van der Waals surface area contributed by atoms with Crippen LogP contribution in [0.15, 0.2) is 91.0 Å². The van der Waals surface area contributed by atoms with Crippen LogP contribution in [0.25, 0.3) is 10.8 Å². The summed E-state index contributed by atoms with van der Waals surface area (Å²) in [4.78, 5) is 35.0. The lowest BCUT2D eigenvalue weighted by Gasteiger charge is -2.29. The van der Waals surface area contributed by atoms with Gasteiger partial charge in [-0.1, -0.05) is 83.9 Å². The zero-order valence-corrected chi connectivity index (χ0v) is 19.3. The number of imide groups is 1. The van der Waals surface area contributed by atoms with E-state index in [1.165, 1.54) is 4.90 Å². The topological polar surface area (TPSA) is 49.9 Å². The van der Waals surface area contributed by atoms with Gasteiger partial charge in [-0.05, 0) is 41.3 Å². The molecule has 0 saturated carbocycles. The van der Waals surface area contributed by atoms with Crippen LogP contribution in [-0.2, 0) is 14.4 Å². The van der Waals surface area contributed by atoms with Crippen molar-refractivity contribution in [3.05, 3.63) is 107 Å². The van der Waals surface area contributed by atoms with E-state index < -0.39 is 18.1 Å². The molecule has 0 bridgehead atoms. The first-order valence-corrected chi connectivity index (χ1v) is 11.6. The molecular weight excluding hydrogens is 471 g/mol. The molecule has 0 spiro atoms. The van der Waals surface area contributed by atoms with Gasteiger partial charge >= 0.3 is 0 Å². The predicted molar refractivity (Wildman–Crippen MR) is 133 cm³/mol. The highest BCUT2D eigenvalue weighted by Crippen LogP contribution is 2.49. The Kier molecular flexibility index (Phi) is 5.06. The molecule has 3 atom stereocenters. The van der Waals surface area contributed by atoms with Gasteiger partial charge in [0.25, 0.3) is 5.91 Å². The third kappa shape index (κ3) is 3.20. The Hall–Kier alpha value is -3.38. The summed E-state index contributed by atoms with van der Waals surface area (Å²) in [7, 11) is 0. The second-order valence-corrected chi connectivity index (χ2v) is 9.18. The summed E-state index contributed by atoms with van der Waals surface area (Å²) < 4.78 is 0. The highest BCUT2D eigenvalue weighted by Gasteiger charge is 2.60. The van der Waals surface area contributed by atoms with Gasteiger partial charge in [-0.25, -0.2) is 9.96 Å². The van der Waals surface area contributed by atoms with Gasteiger partial charge in [0.2, 0.25) is 5.91 Å². The molecule has 2 amide bonds. The van der Waals surface area contributed by atoms with E-state index in [-0.39, 0.29) is 11.8 Å². The van der Waals surface area contributed by atoms with Crippen LogP contribution in [0.5, 0.6) is 0 Å². The normalized spacial score (nSPS) is 22.0. The quantitative estimate of drug-likeness (QED) is 0.322. The van der Waals surface area contributed by atoms with Gasteiger partial charge in [-0.15, -0.1) is 0 Å². The van der Waals surface area contributed by atoms with Crippen LogP contribution in [0.2, 0.25) is 10.0 Å². The predicted octanol–water partition coefficient (Wildman–Crippen LogP) is 6.20. The van der Waals surface area contributed by atoms with Gasteiger partial charge < -0.3 is 0 Å². The van der Waals surface area contributed by atoms with Crippen molar-refractivity contribution in [3.8, 4) is 0 Å². The highest BCUT2D eigenvalue weighted by molar-refractivity contribution is 6.35. The van der Waals surface area contributed by atoms with Crippen LogP contribution in [0.1, 0.15) is 11.6 Å². The minimum Gasteiger partial charge on any atom is -0.273 e. The first-order valence-electron chi connectivity index (χ1n) is 10.9. The molecule has 3 unspecified atom stereocenters. The summed E-state index contributed by atoms with van der Waals surface area (Å²) in [6, 6.07) is 27.2. The van der Waals surface area contributed by atoms with Crippen LogP contribution in [0, 0.1) is 5.92 Å². The summed E-state index contributed by atoms with van der Waals surface area (Å²) in [5, 5.41) is 4.29. The molecule has 0 N–H and O–H groups in total. The van der Waals surface area contributed by atoms with E-state index in [9.17, 15) is 9.59 Å². The number of amides is 2. The second kappa shape index (κ2) is 8.13. The maximum absolute atomic E-state index is 13.9. The Balaban J connectivity index is 1.49. The van der Waals surface area contributed by atoms with Crippen molar-refractivity contribution in [3.63, 3.8) is 0 Å². The molecule has 2 heterocycles. The van der Waals surface area contributed by atoms with Crippen LogP contribution in [-0.4, -0.2) is 17.9 Å². The lowest BCUT2D eigenvalue weighted by Crippen LogP contribution is -2.37. The monoisotopic (exact) mass is 488 g/mol. The molecule has 0 aromatic heterocycles. The number of para-hydroxylation sites is 1. The summed E-state index contributed by atoms with van der Waals surface area (Å²) in [5.41, 5.74) is 1.95. The Labute approximate surface area is 206 Å². The zero-order valence-electron chi connectivity index (χ0n) is 17.8. The molecule has 2 saturated heterocycles. The number of hydrogen-bond donors (Lipinski definition) is 0. The van der Waals surface area contributed by atoms with Gasteiger partial charge in [0, 0.05) is 15.4 Å². The van der Waals surface area contributed by atoms with Crippen molar-refractivity contribution in [1.82, 2.24) is 0 Å². The molecule has 168 valence electrons. The number of halogens is 2. The van der Waals surface area contributed by atoms with Crippen molar-refractivity contribution >= 4 is 57.2 Å². The number of rotatable bonds is 3. The molecule has 5 nitrogen and oxygen atoms in total. The van der Waals surface area contributed by atoms with E-state index in [1.54, 1.807) is 29.3 Å². The SMILES string of the molecule is O=C1C2ON(c3ccccc3)C(c3ccc(Cl)cc3Cl)C2C(=O)N1c1cccc2ccccc12. The largest absolute Gasteiger partial charge is 0.273 e. The van der Waals surface area contributed by atoms with Gasteiger partial charge in [0.1, 0.15) is 5.92 Å². The fraction of sp³-hybridized carbons (Fsp3) is 0.111. The number of fused-ring (bicyclic) bond motifs is 2. The number of benzene rings is 4. The van der Waals surface area contributed by atoms with Gasteiger partial charge in [0.05, 0.1) is 17.4 Å². The fourth-order valence-electron chi connectivity index (χ4n) is 4.91. The zero-order chi connectivity index (χ0) is 23.4. The van der Waals surface area contributed by atoms with Gasteiger partial charge in [-0.3, -0.25) is 14.4 Å². The standard InChI is InChI=1S/C27H18Cl2N2O3/c28-17-13-14-20(21(29)15-17)24-23-25(34-31(24)18-9-2-1-3-10-18)27(33)30(26(23)32)22-12-6-8-16-7-4-5-11-19(16)22/h1-15,23-25H. The van der Waals surface area contributed by atoms with E-state index in [4.69, 9.17) is 28.0 Å². The average Bonchev–Trinajstić information content (AvgIpc) is 3.35. The summed E-state index contributed by atoms with van der Waals surface area (Å²) >= 11 is 12.7. The van der Waals surface area contributed by atoms with Crippen molar-refractivity contribution in [1.29, 1.82) is 0 Å². The number of hydroxylamine groups is 1. The number of nitrogens with zero attached hydrogens (tertiary/aromatic N) is 2. The molecule has 6 rings (SSSR count). The minimum absolute atomic E-state index is 0.319. The number of hydrogen-bond acceptors (Lipinski definition) is 4. The first kappa shape index (κ1) is 21.2. The van der Waals surface area contributed by atoms with E-state index in [0.29, 0.717) is 21.3 Å². The average molecular weight is 489 g/mol. The number of carbonyl (C=O) groups is 2. The lowest BCUT2D eigenvalue weighted by molar-refractivity contribution is -0.126. The summed E-state index contributed by atoms with van der Waals surface area (Å²) in [5.74, 6) is -1.48.